The summed E-state index contributed by atoms with van der Waals surface area (Å²) in [4.78, 5) is 0. The number of halogens is 6. The number of hydrogen-bond acceptors (Lipinski definition) is 9. The fourth-order valence-corrected chi connectivity index (χ4v) is 5.71. The Morgan fingerprint density at radius 1 is 0.500 bits per heavy atom. The van der Waals surface area contributed by atoms with Crippen molar-refractivity contribution in [3.05, 3.63) is 105 Å². The van der Waals surface area contributed by atoms with Gasteiger partial charge in [-0.1, -0.05) is 24.3 Å². The van der Waals surface area contributed by atoms with Gasteiger partial charge in [0.15, 0.2) is 0 Å². The van der Waals surface area contributed by atoms with Crippen molar-refractivity contribution in [3.8, 4) is 54.0 Å². The van der Waals surface area contributed by atoms with Crippen LogP contribution in [0.25, 0.3) is 33.4 Å². The number of alkyl halides is 6. The van der Waals surface area contributed by atoms with Gasteiger partial charge in [0.2, 0.25) is 0 Å². The molecule has 238 valence electrons. The fourth-order valence-electron chi connectivity index (χ4n) is 5.71. The van der Waals surface area contributed by atoms with Gasteiger partial charge in [-0.3, -0.25) is 0 Å². The minimum absolute atomic E-state index is 0.0396. The molecule has 5 rings (SSSR count). The molecule has 2 aliphatic rings. The van der Waals surface area contributed by atoms with E-state index in [2.05, 4.69) is 9.47 Å². The van der Waals surface area contributed by atoms with Crippen LogP contribution in [0.4, 0.5) is 26.3 Å². The van der Waals surface area contributed by atoms with Crippen LogP contribution in [0.15, 0.2) is 65.7 Å². The summed E-state index contributed by atoms with van der Waals surface area (Å²) in [5, 5.41) is 71.1. The molecule has 0 saturated carbocycles. The Morgan fingerprint density at radius 2 is 0.920 bits per heavy atom. The van der Waals surface area contributed by atoms with E-state index in [1.54, 1.807) is 24.3 Å². The summed E-state index contributed by atoms with van der Waals surface area (Å²) in [5.74, 6) is -1.24. The molecular weight excluding hydrogens is 664 g/mol. The zero-order chi connectivity index (χ0) is 36.5. The first-order chi connectivity index (χ1) is 23.7. The maximum atomic E-state index is 12.8. The van der Waals surface area contributed by atoms with Gasteiger partial charge in [-0.2, -0.15) is 36.8 Å². The lowest BCUT2D eigenvalue weighted by atomic mass is 9.86. The van der Waals surface area contributed by atoms with E-state index in [1.165, 1.54) is 6.07 Å². The van der Waals surface area contributed by atoms with Crippen molar-refractivity contribution in [1.29, 1.82) is 36.8 Å². The Morgan fingerprint density at radius 3 is 1.30 bits per heavy atom. The highest BCUT2D eigenvalue weighted by atomic mass is 19.4. The third kappa shape index (κ3) is 5.70. The lowest BCUT2D eigenvalue weighted by Crippen LogP contribution is -2.17. The van der Waals surface area contributed by atoms with Gasteiger partial charge in [0.1, 0.15) is 65.1 Å². The molecule has 0 aromatic heterocycles. The first kappa shape index (κ1) is 33.6. The number of allylic oxidation sites excluding steroid dienone is 8. The van der Waals surface area contributed by atoms with Crippen LogP contribution in [0.5, 0.6) is 11.5 Å². The van der Waals surface area contributed by atoms with Crippen molar-refractivity contribution in [2.24, 2.45) is 0 Å². The van der Waals surface area contributed by atoms with Crippen molar-refractivity contribution in [1.82, 2.24) is 0 Å². The molecule has 9 nitrogen and oxygen atoms in total. The van der Waals surface area contributed by atoms with Crippen LogP contribution in [-0.4, -0.2) is 12.7 Å². The molecule has 15 heteroatoms. The Hall–Kier alpha value is -7.77. The second-order valence-electron chi connectivity index (χ2n) is 10.0. The van der Waals surface area contributed by atoms with Crippen LogP contribution in [0, 0.1) is 79.3 Å². The van der Waals surface area contributed by atoms with Gasteiger partial charge in [-0.25, -0.2) is 0 Å². The average Bonchev–Trinajstić information content (AvgIpc) is 3.57. The van der Waals surface area contributed by atoms with Gasteiger partial charge >= 0.3 is 12.7 Å². The molecule has 50 heavy (non-hydrogen) atoms. The summed E-state index contributed by atoms with van der Waals surface area (Å²) in [6.45, 7) is 0. The fraction of sp³-hybridized carbons (Fsp3) is 0.0571. The van der Waals surface area contributed by atoms with E-state index in [1.807, 2.05) is 18.2 Å². The van der Waals surface area contributed by atoms with Crippen LogP contribution in [0.3, 0.4) is 0 Å². The van der Waals surface area contributed by atoms with Crippen molar-refractivity contribution in [3.63, 3.8) is 0 Å². The van der Waals surface area contributed by atoms with E-state index in [4.69, 9.17) is 0 Å². The van der Waals surface area contributed by atoms with E-state index in [9.17, 15) is 63.2 Å². The molecule has 0 spiro atoms. The Labute approximate surface area is 277 Å². The van der Waals surface area contributed by atoms with Gasteiger partial charge in [-0.15, -0.1) is 26.3 Å². The van der Waals surface area contributed by atoms with Crippen LogP contribution >= 0.6 is 0 Å². The first-order valence-electron chi connectivity index (χ1n) is 13.5. The molecule has 0 bridgehead atoms. The number of benzene rings is 3. The molecule has 0 atom stereocenters. The predicted octanol–water partition coefficient (Wildman–Crippen LogP) is 7.85. The summed E-state index contributed by atoms with van der Waals surface area (Å²) in [6, 6.07) is 22.1. The molecule has 0 saturated heterocycles. The lowest BCUT2D eigenvalue weighted by molar-refractivity contribution is -0.275. The van der Waals surface area contributed by atoms with Crippen molar-refractivity contribution in [2.45, 2.75) is 12.7 Å². The summed E-state index contributed by atoms with van der Waals surface area (Å²) in [5.41, 5.74) is -3.19. The highest BCUT2D eigenvalue weighted by Gasteiger charge is 2.41. The standard InChI is InChI=1S/C35H9F6N7O2/c36-34(37,38)49-21-5-1-17(2-6-21)28-25(14-46)23-9-24-30(19(10-42)11-43)29(18-3-7-22(8-4-18)50-35(39,40)41)26(15-47)32(24)27(16-48)33(23)31(28)20(12-44)13-45/h1-9H. The van der Waals surface area contributed by atoms with Crippen molar-refractivity contribution in [2.75, 3.05) is 0 Å². The second kappa shape index (κ2) is 12.4. The smallest absolute Gasteiger partial charge is 0.406 e. The summed E-state index contributed by atoms with van der Waals surface area (Å²) in [6.07, 6.45) is -10.0. The number of rotatable bonds is 4. The number of nitriles is 7. The molecular formula is C35H9F6N7O2. The molecule has 0 unspecified atom stereocenters. The van der Waals surface area contributed by atoms with Gasteiger partial charge in [0, 0.05) is 39.0 Å². The molecule has 3 aromatic carbocycles. The quantitative estimate of drug-likeness (QED) is 0.196. The largest absolute Gasteiger partial charge is 0.573 e. The van der Waals surface area contributed by atoms with Crippen molar-refractivity contribution < 1.29 is 35.8 Å². The van der Waals surface area contributed by atoms with Gasteiger partial charge in [-0.05, 0) is 47.0 Å². The van der Waals surface area contributed by atoms with Crippen LogP contribution in [0.2, 0.25) is 0 Å². The monoisotopic (exact) mass is 673 g/mol. The van der Waals surface area contributed by atoms with Crippen LogP contribution < -0.4 is 9.47 Å². The van der Waals surface area contributed by atoms with Crippen LogP contribution in [0.1, 0.15) is 38.9 Å². The number of fused-ring (bicyclic) bond motifs is 2. The zero-order valence-corrected chi connectivity index (χ0v) is 24.4. The topological polar surface area (TPSA) is 185 Å². The zero-order valence-electron chi connectivity index (χ0n) is 24.4. The number of nitrogens with zero attached hydrogens (tertiary/aromatic N) is 7. The Balaban J connectivity index is 1.87. The van der Waals surface area contributed by atoms with Crippen LogP contribution in [-0.2, 0) is 0 Å². The average molecular weight is 673 g/mol. The SMILES string of the molecule is N#CC(C#N)=C1C(c2ccc(OC(F)(F)F)cc2)=C(C#N)c2c1cc1c(c2C#N)C(=C(C#N)C#N)C(c2ccc(OC(F)(F)F)cc2)=C1C#N. The maximum Gasteiger partial charge on any atom is 0.573 e. The Bertz CT molecular complexity index is 2420. The molecule has 0 fully saturated rings. The normalized spacial score (nSPS) is 13.0. The molecule has 2 aliphatic carbocycles. The molecule has 0 amide bonds. The summed E-state index contributed by atoms with van der Waals surface area (Å²) >= 11 is 0. The molecule has 3 aromatic rings. The van der Waals surface area contributed by atoms with E-state index < -0.39 is 35.4 Å². The molecule has 0 radical (unpaired) electrons. The highest BCUT2D eigenvalue weighted by Crippen LogP contribution is 2.56. The summed E-state index contributed by atoms with van der Waals surface area (Å²) < 4.78 is 84.7. The number of hydrogen-bond donors (Lipinski definition) is 0. The highest BCUT2D eigenvalue weighted by molar-refractivity contribution is 6.31. The third-order valence-corrected chi connectivity index (χ3v) is 7.40. The van der Waals surface area contributed by atoms with Gasteiger partial charge in [0.25, 0.3) is 0 Å². The van der Waals surface area contributed by atoms with Gasteiger partial charge in [0.05, 0.1) is 16.7 Å². The van der Waals surface area contributed by atoms with Gasteiger partial charge < -0.3 is 9.47 Å². The minimum atomic E-state index is -5.02. The third-order valence-electron chi connectivity index (χ3n) is 7.40. The predicted molar refractivity (Wildman–Crippen MR) is 159 cm³/mol. The Kier molecular flexibility index (Phi) is 8.36. The first-order valence-corrected chi connectivity index (χ1v) is 13.5. The number of ether oxygens (including phenoxy) is 2. The lowest BCUT2D eigenvalue weighted by Gasteiger charge is -2.14. The minimum Gasteiger partial charge on any atom is -0.406 e. The van der Waals surface area contributed by atoms with Crippen molar-refractivity contribution >= 4 is 33.4 Å². The van der Waals surface area contributed by atoms with E-state index in [0.29, 0.717) is 0 Å². The molecule has 0 N–H and O–H groups in total. The van der Waals surface area contributed by atoms with E-state index in [0.717, 1.165) is 48.5 Å². The second-order valence-corrected chi connectivity index (χ2v) is 10.0. The maximum absolute atomic E-state index is 12.8. The van der Waals surface area contributed by atoms with E-state index in [-0.39, 0.29) is 72.4 Å². The molecule has 0 heterocycles. The molecule has 0 aliphatic heterocycles. The van der Waals surface area contributed by atoms with E-state index >= 15 is 0 Å². The summed E-state index contributed by atoms with van der Waals surface area (Å²) in [7, 11) is 0.